The van der Waals surface area contributed by atoms with Crippen LogP contribution in [0.3, 0.4) is 0 Å². The third kappa shape index (κ3) is 4.16. The van der Waals surface area contributed by atoms with E-state index in [-0.39, 0.29) is 22.9 Å². The Balaban J connectivity index is 1.91. The number of nitrogens with one attached hydrogen (secondary N) is 2. The van der Waals surface area contributed by atoms with Crippen LogP contribution >= 0.6 is 11.6 Å². The first-order chi connectivity index (χ1) is 10.5. The lowest BCUT2D eigenvalue weighted by atomic mass is 10.3. The van der Waals surface area contributed by atoms with E-state index in [1.165, 1.54) is 36.4 Å². The first-order valence-corrected chi connectivity index (χ1v) is 6.57. The molecule has 0 saturated heterocycles. The molecule has 114 valence electrons. The Kier molecular flexibility index (Phi) is 4.90. The average Bonchev–Trinajstić information content (AvgIpc) is 2.48. The Bertz CT molecular complexity index is 707. The van der Waals surface area contributed by atoms with Gasteiger partial charge in [-0.3, -0.25) is 14.9 Å². The minimum atomic E-state index is -0.629. The van der Waals surface area contributed by atoms with Gasteiger partial charge in [0.25, 0.3) is 5.69 Å². The van der Waals surface area contributed by atoms with Gasteiger partial charge in [-0.25, -0.2) is 4.39 Å². The van der Waals surface area contributed by atoms with Crippen molar-refractivity contribution in [2.24, 2.45) is 0 Å². The summed E-state index contributed by atoms with van der Waals surface area (Å²) in [4.78, 5) is 21.7. The lowest BCUT2D eigenvalue weighted by Gasteiger charge is -2.08. The number of amides is 1. The summed E-state index contributed by atoms with van der Waals surface area (Å²) in [5.74, 6) is -1.09. The minimum absolute atomic E-state index is 0.0277. The van der Waals surface area contributed by atoms with Crippen molar-refractivity contribution in [1.82, 2.24) is 0 Å². The maximum Gasteiger partial charge on any atom is 0.269 e. The van der Waals surface area contributed by atoms with Crippen molar-refractivity contribution >= 4 is 34.6 Å². The van der Waals surface area contributed by atoms with Crippen LogP contribution in [0.5, 0.6) is 0 Å². The highest BCUT2D eigenvalue weighted by Gasteiger charge is 2.08. The summed E-state index contributed by atoms with van der Waals surface area (Å²) in [5.41, 5.74) is 0.524. The van der Waals surface area contributed by atoms with Crippen molar-refractivity contribution in [2.75, 3.05) is 17.2 Å². The number of nitrogens with zero attached hydrogens (tertiary/aromatic N) is 1. The zero-order valence-corrected chi connectivity index (χ0v) is 11.9. The van der Waals surface area contributed by atoms with Crippen molar-refractivity contribution in [3.05, 3.63) is 63.4 Å². The largest absolute Gasteiger partial charge is 0.376 e. The molecule has 0 fully saturated rings. The van der Waals surface area contributed by atoms with Crippen LogP contribution in [0.25, 0.3) is 0 Å². The molecule has 0 heterocycles. The molecule has 8 heteroatoms. The fourth-order valence-electron chi connectivity index (χ4n) is 1.67. The van der Waals surface area contributed by atoms with E-state index in [0.717, 1.165) is 6.07 Å². The number of anilines is 2. The van der Waals surface area contributed by atoms with Gasteiger partial charge in [-0.1, -0.05) is 11.6 Å². The molecule has 22 heavy (non-hydrogen) atoms. The van der Waals surface area contributed by atoms with Gasteiger partial charge in [0, 0.05) is 22.8 Å². The van der Waals surface area contributed by atoms with Crippen LogP contribution in [0.15, 0.2) is 42.5 Å². The molecule has 2 aromatic carbocycles. The first-order valence-electron chi connectivity index (χ1n) is 6.19. The summed E-state index contributed by atoms with van der Waals surface area (Å²) < 4.78 is 13.5. The Morgan fingerprint density at radius 2 is 1.91 bits per heavy atom. The molecule has 0 aromatic heterocycles. The Labute approximate surface area is 130 Å². The predicted molar refractivity (Wildman–Crippen MR) is 81.6 cm³/mol. The van der Waals surface area contributed by atoms with Gasteiger partial charge in [0.1, 0.15) is 5.82 Å². The van der Waals surface area contributed by atoms with Crippen LogP contribution in [0.1, 0.15) is 0 Å². The maximum atomic E-state index is 13.5. The number of hydrogen-bond acceptors (Lipinski definition) is 4. The molecule has 0 radical (unpaired) electrons. The number of carbonyl (C=O) groups excluding carboxylic acids is 1. The van der Waals surface area contributed by atoms with E-state index in [0.29, 0.717) is 5.69 Å². The van der Waals surface area contributed by atoms with E-state index in [4.69, 9.17) is 11.6 Å². The van der Waals surface area contributed by atoms with Gasteiger partial charge in [-0.05, 0) is 30.3 Å². The summed E-state index contributed by atoms with van der Waals surface area (Å²) in [7, 11) is 0. The van der Waals surface area contributed by atoms with E-state index in [9.17, 15) is 19.3 Å². The van der Waals surface area contributed by atoms with Crippen molar-refractivity contribution in [3.63, 3.8) is 0 Å². The monoisotopic (exact) mass is 323 g/mol. The molecule has 0 aliphatic rings. The number of benzene rings is 2. The summed E-state index contributed by atoms with van der Waals surface area (Å²) in [6.45, 7) is -0.111. The van der Waals surface area contributed by atoms with E-state index >= 15 is 0 Å². The average molecular weight is 324 g/mol. The molecular weight excluding hydrogens is 313 g/mol. The van der Waals surface area contributed by atoms with E-state index in [1.54, 1.807) is 0 Å². The lowest BCUT2D eigenvalue weighted by molar-refractivity contribution is -0.384. The summed E-state index contributed by atoms with van der Waals surface area (Å²) in [6.07, 6.45) is 0. The second kappa shape index (κ2) is 6.86. The fourth-order valence-corrected chi connectivity index (χ4v) is 1.83. The predicted octanol–water partition coefficient (Wildman–Crippen LogP) is 3.44. The summed E-state index contributed by atoms with van der Waals surface area (Å²) in [5, 5.41) is 15.9. The molecule has 0 bridgehead atoms. The van der Waals surface area contributed by atoms with E-state index in [2.05, 4.69) is 10.6 Å². The van der Waals surface area contributed by atoms with E-state index < -0.39 is 16.6 Å². The van der Waals surface area contributed by atoms with Gasteiger partial charge in [-0.15, -0.1) is 0 Å². The van der Waals surface area contributed by atoms with Crippen molar-refractivity contribution in [2.45, 2.75) is 0 Å². The molecule has 0 unspecified atom stereocenters. The van der Waals surface area contributed by atoms with Gasteiger partial charge >= 0.3 is 0 Å². The second-order valence-corrected chi connectivity index (χ2v) is 4.77. The molecule has 0 atom stereocenters. The second-order valence-electron chi connectivity index (χ2n) is 4.33. The third-order valence-electron chi connectivity index (χ3n) is 2.74. The van der Waals surface area contributed by atoms with Crippen LogP contribution in [0.4, 0.5) is 21.5 Å². The number of carbonyl (C=O) groups is 1. The topological polar surface area (TPSA) is 84.3 Å². The molecule has 2 rings (SSSR count). The van der Waals surface area contributed by atoms with Crippen LogP contribution in [-0.2, 0) is 4.79 Å². The van der Waals surface area contributed by atoms with Gasteiger partial charge < -0.3 is 10.6 Å². The highest BCUT2D eigenvalue weighted by molar-refractivity contribution is 6.30. The molecule has 0 aliphatic heterocycles. The molecule has 2 aromatic rings. The van der Waals surface area contributed by atoms with Crippen molar-refractivity contribution < 1.29 is 14.1 Å². The Hall–Kier alpha value is -2.67. The van der Waals surface area contributed by atoms with Gasteiger partial charge in [-0.2, -0.15) is 0 Å². The molecule has 0 saturated carbocycles. The van der Waals surface area contributed by atoms with Gasteiger partial charge in [0.15, 0.2) is 0 Å². The molecule has 1 amide bonds. The summed E-state index contributed by atoms with van der Waals surface area (Å²) in [6, 6.07) is 9.52. The smallest absolute Gasteiger partial charge is 0.269 e. The number of rotatable bonds is 5. The molecule has 0 aliphatic carbocycles. The van der Waals surface area contributed by atoms with Crippen LogP contribution in [-0.4, -0.2) is 17.4 Å². The zero-order valence-electron chi connectivity index (χ0n) is 11.2. The lowest BCUT2D eigenvalue weighted by Crippen LogP contribution is -2.22. The first kappa shape index (κ1) is 15.7. The third-order valence-corrected chi connectivity index (χ3v) is 2.97. The molecule has 0 spiro atoms. The summed E-state index contributed by atoms with van der Waals surface area (Å²) >= 11 is 5.62. The van der Waals surface area contributed by atoms with Gasteiger partial charge in [0.2, 0.25) is 5.91 Å². The van der Waals surface area contributed by atoms with E-state index in [1.807, 2.05) is 0 Å². The van der Waals surface area contributed by atoms with Crippen LogP contribution in [0.2, 0.25) is 5.02 Å². The van der Waals surface area contributed by atoms with Gasteiger partial charge in [0.05, 0.1) is 17.2 Å². The van der Waals surface area contributed by atoms with Crippen molar-refractivity contribution in [1.29, 1.82) is 0 Å². The fraction of sp³-hybridized carbons (Fsp3) is 0.0714. The highest BCUT2D eigenvalue weighted by Crippen LogP contribution is 2.19. The Morgan fingerprint density at radius 1 is 1.23 bits per heavy atom. The number of hydrogen-bond donors (Lipinski definition) is 2. The number of halogens is 2. The zero-order chi connectivity index (χ0) is 16.1. The van der Waals surface area contributed by atoms with Crippen LogP contribution in [0, 0.1) is 15.9 Å². The van der Waals surface area contributed by atoms with Crippen LogP contribution < -0.4 is 10.6 Å². The SMILES string of the molecule is O=C(CNc1ccc([N+](=O)[O-])cc1)Nc1ccc(Cl)cc1F. The molecule has 6 nitrogen and oxygen atoms in total. The standard InChI is InChI=1S/C14H11ClFN3O3/c15-9-1-6-13(12(16)7-9)18-14(20)8-17-10-2-4-11(5-3-10)19(21)22/h1-7,17H,8H2,(H,18,20). The Morgan fingerprint density at radius 3 is 2.50 bits per heavy atom. The van der Waals surface area contributed by atoms with Crippen molar-refractivity contribution in [3.8, 4) is 0 Å². The number of nitro groups is 1. The molecular formula is C14H11ClFN3O3. The quantitative estimate of drug-likeness (QED) is 0.652. The minimum Gasteiger partial charge on any atom is -0.376 e. The normalized spacial score (nSPS) is 10.1. The number of nitro benzene ring substituents is 1. The highest BCUT2D eigenvalue weighted by atomic mass is 35.5. The number of non-ortho nitro benzene ring substituents is 1. The molecule has 2 N–H and O–H groups in total. The maximum absolute atomic E-state index is 13.5.